The van der Waals surface area contributed by atoms with E-state index in [0.717, 1.165) is 17.0 Å². The molecule has 0 aliphatic carbocycles. The first kappa shape index (κ1) is 19.0. The summed E-state index contributed by atoms with van der Waals surface area (Å²) in [5.41, 5.74) is 2.40. The maximum absolute atomic E-state index is 12.1. The monoisotopic (exact) mass is 360 g/mol. The number of carbonyl (C=O) groups is 1. The number of non-ortho nitro benzene ring substituents is 1. The van der Waals surface area contributed by atoms with Crippen LogP contribution in [0, 0.1) is 10.1 Å². The summed E-state index contributed by atoms with van der Waals surface area (Å²) >= 11 is 1.36. The topological polar surface area (TPSA) is 76.7 Å². The van der Waals surface area contributed by atoms with Gasteiger partial charge in [-0.1, -0.05) is 24.3 Å². The number of quaternary nitrogens is 1. The fraction of sp³-hybridized carbons (Fsp3) is 0.278. The molecular weight excluding hydrogens is 338 g/mol. The van der Waals surface area contributed by atoms with Crippen LogP contribution < -0.4 is 10.2 Å². The summed E-state index contributed by atoms with van der Waals surface area (Å²) in [6.07, 6.45) is 0. The lowest BCUT2D eigenvalue weighted by molar-refractivity contribution is -0.872. The summed E-state index contributed by atoms with van der Waals surface area (Å²) in [6.45, 7) is 1.41. The van der Waals surface area contributed by atoms with Crippen LogP contribution in [0.4, 0.5) is 5.69 Å². The van der Waals surface area contributed by atoms with Gasteiger partial charge in [-0.3, -0.25) is 14.9 Å². The van der Waals surface area contributed by atoms with E-state index in [4.69, 9.17) is 0 Å². The average molecular weight is 360 g/mol. The van der Waals surface area contributed by atoms with Crippen molar-refractivity contribution in [2.75, 3.05) is 19.8 Å². The van der Waals surface area contributed by atoms with Gasteiger partial charge in [-0.2, -0.15) is 0 Å². The van der Waals surface area contributed by atoms with Crippen LogP contribution in [0.5, 0.6) is 0 Å². The quantitative estimate of drug-likeness (QED) is 0.426. The predicted octanol–water partition coefficient (Wildman–Crippen LogP) is 1.65. The van der Waals surface area contributed by atoms with Gasteiger partial charge in [0, 0.05) is 29.1 Å². The van der Waals surface area contributed by atoms with Crippen molar-refractivity contribution in [1.82, 2.24) is 5.32 Å². The largest absolute Gasteiger partial charge is 0.351 e. The Morgan fingerprint density at radius 2 is 1.76 bits per heavy atom. The van der Waals surface area contributed by atoms with Gasteiger partial charge in [0.15, 0.2) is 0 Å². The van der Waals surface area contributed by atoms with Crippen molar-refractivity contribution in [3.8, 4) is 0 Å². The number of nitro benzene ring substituents is 1. The molecule has 0 spiro atoms. The van der Waals surface area contributed by atoms with Gasteiger partial charge in [0.05, 0.1) is 24.8 Å². The lowest BCUT2D eigenvalue weighted by Gasteiger charge is -2.12. The Bertz CT molecular complexity index is 733. The number of nitrogens with one attached hydrogen (secondary N) is 2. The smallest absolute Gasteiger partial charge is 0.269 e. The van der Waals surface area contributed by atoms with Gasteiger partial charge in [0.1, 0.15) is 6.54 Å². The Kier molecular flexibility index (Phi) is 6.97. The van der Waals surface area contributed by atoms with Gasteiger partial charge < -0.3 is 10.2 Å². The number of amides is 1. The molecule has 0 saturated carbocycles. The molecule has 132 valence electrons. The summed E-state index contributed by atoms with van der Waals surface area (Å²) in [6, 6.07) is 14.3. The van der Waals surface area contributed by atoms with Crippen molar-refractivity contribution < 1.29 is 14.6 Å². The minimum absolute atomic E-state index is 0.0495. The van der Waals surface area contributed by atoms with E-state index in [2.05, 4.69) is 25.5 Å². The Balaban J connectivity index is 1.84. The summed E-state index contributed by atoms with van der Waals surface area (Å²) in [7, 11) is 4.19. The first-order valence-electron chi connectivity index (χ1n) is 7.95. The number of nitrogens with zero attached hydrogens (tertiary/aromatic N) is 1. The molecule has 7 heteroatoms. The summed E-state index contributed by atoms with van der Waals surface area (Å²) < 4.78 is 0. The van der Waals surface area contributed by atoms with Crippen molar-refractivity contribution in [2.24, 2.45) is 0 Å². The molecule has 0 heterocycles. The third-order valence-corrected chi connectivity index (χ3v) is 4.57. The Morgan fingerprint density at radius 3 is 2.36 bits per heavy atom. The number of thioether (sulfide) groups is 1. The van der Waals surface area contributed by atoms with Gasteiger partial charge in [-0.05, 0) is 17.7 Å². The van der Waals surface area contributed by atoms with Gasteiger partial charge in [-0.25, -0.2) is 0 Å². The standard InChI is InChI=1S/C18H21N3O3S/c1-20(2)12-15-6-4-3-5-14(15)11-19-18(22)13-25-17-9-7-16(8-10-17)21(23)24/h3-10H,11-13H2,1-2H3,(H,19,22)/p+1. The maximum atomic E-state index is 12.1. The molecule has 6 nitrogen and oxygen atoms in total. The van der Waals surface area contributed by atoms with Crippen LogP contribution in [-0.4, -0.2) is 30.7 Å². The van der Waals surface area contributed by atoms with Crippen molar-refractivity contribution in [3.63, 3.8) is 0 Å². The molecule has 25 heavy (non-hydrogen) atoms. The molecule has 2 rings (SSSR count). The summed E-state index contributed by atoms with van der Waals surface area (Å²) in [5.74, 6) is 0.217. The Labute approximate surface area is 151 Å². The molecule has 0 fully saturated rings. The highest BCUT2D eigenvalue weighted by Crippen LogP contribution is 2.21. The van der Waals surface area contributed by atoms with E-state index in [1.54, 1.807) is 12.1 Å². The Morgan fingerprint density at radius 1 is 1.12 bits per heavy atom. The van der Waals surface area contributed by atoms with Gasteiger partial charge in [0.2, 0.25) is 5.91 Å². The normalized spacial score (nSPS) is 10.7. The lowest BCUT2D eigenvalue weighted by atomic mass is 10.1. The molecule has 0 radical (unpaired) electrons. The predicted molar refractivity (Wildman–Crippen MR) is 98.6 cm³/mol. The molecule has 0 aromatic heterocycles. The first-order valence-corrected chi connectivity index (χ1v) is 8.94. The molecule has 2 N–H and O–H groups in total. The fourth-order valence-corrected chi connectivity index (χ4v) is 3.07. The van der Waals surface area contributed by atoms with Crippen LogP contribution in [0.15, 0.2) is 53.4 Å². The molecule has 0 aliphatic rings. The van der Waals surface area contributed by atoms with E-state index in [-0.39, 0.29) is 17.3 Å². The van der Waals surface area contributed by atoms with Crippen LogP contribution in [-0.2, 0) is 17.9 Å². The number of benzene rings is 2. The lowest BCUT2D eigenvalue weighted by Crippen LogP contribution is -3.04. The minimum atomic E-state index is -0.436. The third-order valence-electron chi connectivity index (χ3n) is 3.56. The summed E-state index contributed by atoms with van der Waals surface area (Å²) in [5, 5.41) is 13.6. The zero-order valence-electron chi connectivity index (χ0n) is 14.3. The van der Waals surface area contributed by atoms with E-state index in [1.807, 2.05) is 18.2 Å². The van der Waals surface area contributed by atoms with Crippen molar-refractivity contribution in [3.05, 3.63) is 69.8 Å². The van der Waals surface area contributed by atoms with Gasteiger partial charge in [-0.15, -0.1) is 11.8 Å². The van der Waals surface area contributed by atoms with Crippen molar-refractivity contribution in [1.29, 1.82) is 0 Å². The Hall–Kier alpha value is -2.38. The highest BCUT2D eigenvalue weighted by atomic mass is 32.2. The van der Waals surface area contributed by atoms with Crippen LogP contribution in [0.2, 0.25) is 0 Å². The van der Waals surface area contributed by atoms with Crippen LogP contribution in [0.3, 0.4) is 0 Å². The van der Waals surface area contributed by atoms with E-state index in [9.17, 15) is 14.9 Å². The molecule has 1 amide bonds. The molecular formula is C18H22N3O3S+. The molecule has 2 aromatic carbocycles. The summed E-state index contributed by atoms with van der Waals surface area (Å²) in [4.78, 5) is 24.4. The number of carbonyl (C=O) groups excluding carboxylic acids is 1. The zero-order valence-corrected chi connectivity index (χ0v) is 15.1. The number of rotatable bonds is 8. The zero-order chi connectivity index (χ0) is 18.2. The van der Waals surface area contributed by atoms with Crippen molar-refractivity contribution in [2.45, 2.75) is 18.0 Å². The van der Waals surface area contributed by atoms with E-state index in [0.29, 0.717) is 6.54 Å². The second-order valence-corrected chi connectivity index (χ2v) is 7.02. The van der Waals surface area contributed by atoms with E-state index < -0.39 is 4.92 Å². The minimum Gasteiger partial charge on any atom is -0.351 e. The first-order chi connectivity index (χ1) is 12.0. The molecule has 0 bridgehead atoms. The second kappa shape index (κ2) is 9.19. The van der Waals surface area contributed by atoms with Crippen LogP contribution >= 0.6 is 11.8 Å². The van der Waals surface area contributed by atoms with E-state index in [1.165, 1.54) is 34.4 Å². The number of hydrogen-bond acceptors (Lipinski definition) is 4. The molecule has 0 unspecified atom stereocenters. The maximum Gasteiger partial charge on any atom is 0.269 e. The third kappa shape index (κ3) is 6.21. The fourth-order valence-electron chi connectivity index (χ4n) is 2.34. The van der Waals surface area contributed by atoms with Crippen molar-refractivity contribution >= 4 is 23.4 Å². The molecule has 2 aromatic rings. The average Bonchev–Trinajstić information content (AvgIpc) is 2.59. The number of nitro groups is 1. The van der Waals surface area contributed by atoms with Crippen LogP contribution in [0.1, 0.15) is 11.1 Å². The van der Waals surface area contributed by atoms with E-state index >= 15 is 0 Å². The molecule has 0 atom stereocenters. The second-order valence-electron chi connectivity index (χ2n) is 5.97. The van der Waals surface area contributed by atoms with Gasteiger partial charge >= 0.3 is 0 Å². The molecule has 0 saturated heterocycles. The molecule has 0 aliphatic heterocycles. The van der Waals surface area contributed by atoms with Gasteiger partial charge in [0.25, 0.3) is 5.69 Å². The highest BCUT2D eigenvalue weighted by molar-refractivity contribution is 8.00. The highest BCUT2D eigenvalue weighted by Gasteiger charge is 2.09. The SMILES string of the molecule is C[NH+](C)Cc1ccccc1CNC(=O)CSc1ccc([N+](=O)[O-])cc1. The number of hydrogen-bond donors (Lipinski definition) is 2. The van der Waals surface area contributed by atoms with Crippen LogP contribution in [0.25, 0.3) is 0 Å².